The first-order valence-electron chi connectivity index (χ1n) is 8.76. The number of anilines is 1. The molecule has 1 N–H and O–H groups in total. The van der Waals surface area contributed by atoms with Crippen molar-refractivity contribution in [3.63, 3.8) is 0 Å². The van der Waals surface area contributed by atoms with Gasteiger partial charge in [-0.05, 0) is 30.7 Å². The third-order valence-electron chi connectivity index (χ3n) is 4.78. The highest BCUT2D eigenvalue weighted by atomic mass is 19.1. The lowest BCUT2D eigenvalue weighted by Gasteiger charge is -2.37. The number of rotatable bonds is 1. The number of halogens is 2. The number of urea groups is 1. The summed E-state index contributed by atoms with van der Waals surface area (Å²) >= 11 is 0. The van der Waals surface area contributed by atoms with E-state index in [9.17, 15) is 18.4 Å². The monoisotopic (exact) mass is 382 g/mol. The highest BCUT2D eigenvalue weighted by molar-refractivity contribution is 6.16. The van der Waals surface area contributed by atoms with E-state index in [1.165, 1.54) is 0 Å². The van der Waals surface area contributed by atoms with Gasteiger partial charge in [-0.25, -0.2) is 18.5 Å². The molecule has 1 atom stereocenters. The molecule has 2 aliphatic heterocycles. The average Bonchev–Trinajstić information content (AvgIpc) is 3.10. The zero-order chi connectivity index (χ0) is 19.7. The van der Waals surface area contributed by atoms with Gasteiger partial charge in [-0.2, -0.15) is 0 Å². The Morgan fingerprint density at radius 2 is 1.71 bits per heavy atom. The van der Waals surface area contributed by atoms with E-state index >= 15 is 0 Å². The molecule has 0 saturated carbocycles. The van der Waals surface area contributed by atoms with E-state index in [-0.39, 0.29) is 18.6 Å². The van der Waals surface area contributed by atoms with Gasteiger partial charge in [-0.1, -0.05) is 30.0 Å². The van der Waals surface area contributed by atoms with Crippen LogP contribution in [0.2, 0.25) is 0 Å². The first-order chi connectivity index (χ1) is 13.5. The molecule has 2 aromatic rings. The minimum absolute atomic E-state index is 0.0762. The van der Waals surface area contributed by atoms with Gasteiger partial charge in [0.25, 0.3) is 0 Å². The number of nitrogens with zero attached hydrogens (tertiary/aromatic N) is 1. The van der Waals surface area contributed by atoms with Crippen molar-refractivity contribution < 1.29 is 23.1 Å². The van der Waals surface area contributed by atoms with Crippen LogP contribution in [0.15, 0.2) is 42.5 Å². The maximum absolute atomic E-state index is 14.6. The van der Waals surface area contributed by atoms with Crippen molar-refractivity contribution in [2.45, 2.75) is 18.4 Å². The molecule has 2 fully saturated rings. The lowest BCUT2D eigenvalue weighted by Crippen LogP contribution is -2.63. The molecule has 0 aromatic heterocycles. The first-order valence-corrected chi connectivity index (χ1v) is 8.76. The Hall–Kier alpha value is -3.24. The summed E-state index contributed by atoms with van der Waals surface area (Å²) in [5.74, 6) is 2.76. The summed E-state index contributed by atoms with van der Waals surface area (Å²) in [4.78, 5) is 25.5. The van der Waals surface area contributed by atoms with Gasteiger partial charge in [-0.3, -0.25) is 4.79 Å². The molecule has 4 rings (SSSR count). The van der Waals surface area contributed by atoms with Gasteiger partial charge in [0.15, 0.2) is 11.6 Å². The van der Waals surface area contributed by atoms with Crippen molar-refractivity contribution in [3.05, 3.63) is 65.2 Å². The normalized spacial score (nSPS) is 21.4. The minimum atomic E-state index is -1.03. The van der Waals surface area contributed by atoms with Gasteiger partial charge in [-0.15, -0.1) is 0 Å². The quantitative estimate of drug-likeness (QED) is 0.772. The molecule has 2 heterocycles. The fraction of sp³-hybridized carbons (Fsp3) is 0.238. The van der Waals surface area contributed by atoms with E-state index in [1.54, 1.807) is 24.3 Å². The number of amides is 3. The van der Waals surface area contributed by atoms with Gasteiger partial charge in [0.2, 0.25) is 5.91 Å². The summed E-state index contributed by atoms with van der Waals surface area (Å²) in [6, 6.07) is 10.1. The maximum atomic E-state index is 14.6. The molecule has 2 aliphatic rings. The Morgan fingerprint density at radius 3 is 2.32 bits per heavy atom. The van der Waals surface area contributed by atoms with Crippen LogP contribution >= 0.6 is 0 Å². The van der Waals surface area contributed by atoms with Crippen LogP contribution in [0.5, 0.6) is 0 Å². The summed E-state index contributed by atoms with van der Waals surface area (Å²) in [7, 11) is 0. The molecule has 28 heavy (non-hydrogen) atoms. The first kappa shape index (κ1) is 18.1. The number of hydrogen-bond acceptors (Lipinski definition) is 3. The zero-order valence-electron chi connectivity index (χ0n) is 14.8. The van der Waals surface area contributed by atoms with Crippen molar-refractivity contribution in [2.75, 3.05) is 18.1 Å². The number of carbonyl (C=O) groups is 2. The van der Waals surface area contributed by atoms with Crippen molar-refractivity contribution in [1.82, 2.24) is 5.32 Å². The fourth-order valence-corrected chi connectivity index (χ4v) is 3.40. The van der Waals surface area contributed by atoms with Crippen molar-refractivity contribution in [2.24, 2.45) is 0 Å². The van der Waals surface area contributed by atoms with Crippen molar-refractivity contribution in [1.29, 1.82) is 0 Å². The van der Waals surface area contributed by atoms with Crippen LogP contribution in [0.1, 0.15) is 24.0 Å². The SMILES string of the molecule is O=C1C[C@]2(CCOC2)NC(=O)N1c1c(F)cc(C#Cc2ccccc2)cc1F. The van der Waals surface area contributed by atoms with Crippen LogP contribution in [0.3, 0.4) is 0 Å². The molecular weight excluding hydrogens is 366 g/mol. The third-order valence-corrected chi connectivity index (χ3v) is 4.78. The molecule has 0 radical (unpaired) electrons. The van der Waals surface area contributed by atoms with E-state index in [4.69, 9.17) is 4.74 Å². The number of imide groups is 1. The predicted molar refractivity (Wildman–Crippen MR) is 97.6 cm³/mol. The molecule has 1 spiro atoms. The summed E-state index contributed by atoms with van der Waals surface area (Å²) in [5.41, 5.74) is -0.685. The number of nitrogens with one attached hydrogen (secondary N) is 1. The fourth-order valence-electron chi connectivity index (χ4n) is 3.40. The summed E-state index contributed by atoms with van der Waals surface area (Å²) < 4.78 is 34.5. The summed E-state index contributed by atoms with van der Waals surface area (Å²) in [6.45, 7) is 0.627. The number of carbonyl (C=O) groups excluding carboxylic acids is 2. The average molecular weight is 382 g/mol. The summed E-state index contributed by atoms with van der Waals surface area (Å²) in [6.07, 6.45) is 0.407. The molecule has 5 nitrogen and oxygen atoms in total. The lowest BCUT2D eigenvalue weighted by atomic mass is 9.91. The molecule has 7 heteroatoms. The van der Waals surface area contributed by atoms with Crippen LogP contribution in [-0.4, -0.2) is 30.7 Å². The second-order valence-corrected chi connectivity index (χ2v) is 6.82. The number of hydrogen-bond donors (Lipinski definition) is 1. The number of benzene rings is 2. The van der Waals surface area contributed by atoms with Gasteiger partial charge in [0, 0.05) is 17.7 Å². The van der Waals surface area contributed by atoms with E-state index in [0.717, 1.165) is 12.1 Å². The van der Waals surface area contributed by atoms with Crippen LogP contribution in [0.4, 0.5) is 19.3 Å². The molecule has 142 valence electrons. The van der Waals surface area contributed by atoms with Crippen LogP contribution in [-0.2, 0) is 9.53 Å². The molecule has 2 saturated heterocycles. The van der Waals surface area contributed by atoms with Gasteiger partial charge >= 0.3 is 6.03 Å². The maximum Gasteiger partial charge on any atom is 0.329 e. The van der Waals surface area contributed by atoms with Crippen LogP contribution in [0, 0.1) is 23.5 Å². The van der Waals surface area contributed by atoms with Crippen LogP contribution in [0.25, 0.3) is 0 Å². The molecule has 3 amide bonds. The molecule has 2 aromatic carbocycles. The largest absolute Gasteiger partial charge is 0.379 e. The van der Waals surface area contributed by atoms with E-state index in [2.05, 4.69) is 17.2 Å². The van der Waals surface area contributed by atoms with E-state index in [0.29, 0.717) is 23.5 Å². The second-order valence-electron chi connectivity index (χ2n) is 6.82. The van der Waals surface area contributed by atoms with Crippen LogP contribution < -0.4 is 10.2 Å². The second kappa shape index (κ2) is 7.06. The lowest BCUT2D eigenvalue weighted by molar-refractivity contribution is -0.120. The van der Waals surface area contributed by atoms with Gasteiger partial charge < -0.3 is 10.1 Å². The topological polar surface area (TPSA) is 58.6 Å². The Balaban J connectivity index is 1.63. The Morgan fingerprint density at radius 1 is 1.04 bits per heavy atom. The van der Waals surface area contributed by atoms with E-state index in [1.807, 2.05) is 6.07 Å². The van der Waals surface area contributed by atoms with Gasteiger partial charge in [0.1, 0.15) is 5.69 Å². The molecule has 0 bridgehead atoms. The standard InChI is InChI=1S/C21H16F2N2O3/c22-16-10-15(7-6-14-4-2-1-3-5-14)11-17(23)19(16)25-18(26)12-21(24-20(25)27)8-9-28-13-21/h1-5,10-11H,8-9,12-13H2,(H,24,27)/t21-/m0/s1. The van der Waals surface area contributed by atoms with Crippen molar-refractivity contribution in [3.8, 4) is 11.8 Å². The predicted octanol–water partition coefficient (Wildman–Crippen LogP) is 2.97. The highest BCUT2D eigenvalue weighted by Crippen LogP contribution is 2.32. The molecule has 0 aliphatic carbocycles. The summed E-state index contributed by atoms with van der Waals surface area (Å²) in [5, 5.41) is 2.67. The molecule has 0 unspecified atom stereocenters. The smallest absolute Gasteiger partial charge is 0.329 e. The minimum Gasteiger partial charge on any atom is -0.379 e. The van der Waals surface area contributed by atoms with Crippen molar-refractivity contribution >= 4 is 17.6 Å². The zero-order valence-corrected chi connectivity index (χ0v) is 14.8. The number of ether oxygens (including phenoxy) is 1. The highest BCUT2D eigenvalue weighted by Gasteiger charge is 2.47. The molecular formula is C21H16F2N2O3. The third kappa shape index (κ3) is 3.35. The van der Waals surface area contributed by atoms with Gasteiger partial charge in [0.05, 0.1) is 18.6 Å². The Labute approximate surface area is 160 Å². The Bertz CT molecular complexity index is 962. The van der Waals surface area contributed by atoms with E-state index < -0.39 is 34.8 Å². The Kier molecular flexibility index (Phi) is 4.57.